The van der Waals surface area contributed by atoms with Gasteiger partial charge in [0.05, 0.1) is 0 Å². The Morgan fingerprint density at radius 3 is 2.64 bits per heavy atom. The lowest BCUT2D eigenvalue weighted by atomic mass is 10.3. The molecule has 0 amide bonds. The van der Waals surface area contributed by atoms with Crippen LogP contribution in [0.3, 0.4) is 0 Å². The molecular weight excluding hydrogens is 204 g/mol. The van der Waals surface area contributed by atoms with Crippen LogP contribution in [0.5, 0.6) is 0 Å². The highest BCUT2D eigenvalue weighted by molar-refractivity contribution is 8.93. The van der Waals surface area contributed by atoms with Crippen LogP contribution in [-0.2, 0) is 0 Å². The first kappa shape index (κ1) is 8.14. The van der Waals surface area contributed by atoms with Crippen LogP contribution in [0.15, 0.2) is 30.3 Å². The van der Waals surface area contributed by atoms with Crippen LogP contribution < -0.4 is 5.73 Å². The molecular formula is C8H9BrN2. The standard InChI is InChI=1S/C8H8N2.BrH/c9-8-5-6-3-1-2-4-7(6)10-8;/h1-5,10H,9H2;1H. The Kier molecular flexibility index (Phi) is 2.19. The maximum atomic E-state index is 5.54. The first-order valence-electron chi connectivity index (χ1n) is 3.19. The van der Waals surface area contributed by atoms with Crippen LogP contribution in [-0.4, -0.2) is 4.98 Å². The SMILES string of the molecule is Br.Nc1cc2ccccc2[nH]1. The summed E-state index contributed by atoms with van der Waals surface area (Å²) in [6, 6.07) is 9.94. The lowest BCUT2D eigenvalue weighted by Gasteiger charge is -1.83. The van der Waals surface area contributed by atoms with Crippen molar-refractivity contribution in [2.75, 3.05) is 5.73 Å². The second kappa shape index (κ2) is 2.96. The zero-order valence-corrected chi connectivity index (χ0v) is 7.59. The predicted molar refractivity (Wildman–Crippen MR) is 53.0 cm³/mol. The summed E-state index contributed by atoms with van der Waals surface area (Å²) in [4.78, 5) is 3.04. The number of aromatic amines is 1. The number of hydrogen-bond donors (Lipinski definition) is 2. The van der Waals surface area contributed by atoms with Crippen molar-refractivity contribution in [1.82, 2.24) is 4.98 Å². The van der Waals surface area contributed by atoms with Crippen LogP contribution in [0, 0.1) is 0 Å². The summed E-state index contributed by atoms with van der Waals surface area (Å²) in [6.07, 6.45) is 0. The highest BCUT2D eigenvalue weighted by Crippen LogP contribution is 2.14. The van der Waals surface area contributed by atoms with E-state index in [1.165, 1.54) is 5.39 Å². The molecule has 0 aliphatic carbocycles. The van der Waals surface area contributed by atoms with Crippen LogP contribution in [0.4, 0.5) is 5.82 Å². The minimum Gasteiger partial charge on any atom is -0.385 e. The van der Waals surface area contributed by atoms with Crippen molar-refractivity contribution in [2.45, 2.75) is 0 Å². The van der Waals surface area contributed by atoms with Gasteiger partial charge in [-0.1, -0.05) is 18.2 Å². The molecule has 11 heavy (non-hydrogen) atoms. The number of hydrogen-bond acceptors (Lipinski definition) is 1. The van der Waals surface area contributed by atoms with Crippen molar-refractivity contribution in [1.29, 1.82) is 0 Å². The van der Waals surface area contributed by atoms with Crippen LogP contribution in [0.2, 0.25) is 0 Å². The number of para-hydroxylation sites is 1. The van der Waals surface area contributed by atoms with E-state index in [4.69, 9.17) is 5.73 Å². The Bertz CT molecular complexity index is 321. The molecule has 0 unspecified atom stereocenters. The molecule has 2 nitrogen and oxygen atoms in total. The van der Waals surface area contributed by atoms with Crippen molar-refractivity contribution >= 4 is 33.7 Å². The summed E-state index contributed by atoms with van der Waals surface area (Å²) in [6.45, 7) is 0. The minimum atomic E-state index is 0. The molecule has 2 aromatic rings. The zero-order chi connectivity index (χ0) is 6.97. The fraction of sp³-hybridized carbons (Fsp3) is 0. The summed E-state index contributed by atoms with van der Waals surface area (Å²) in [7, 11) is 0. The van der Waals surface area contributed by atoms with E-state index in [1.807, 2.05) is 30.3 Å². The fourth-order valence-corrected chi connectivity index (χ4v) is 1.10. The molecule has 1 aromatic heterocycles. The number of benzene rings is 1. The fourth-order valence-electron chi connectivity index (χ4n) is 1.10. The normalized spacial score (nSPS) is 9.45. The number of nitrogens with two attached hydrogens (primary N) is 1. The van der Waals surface area contributed by atoms with Crippen molar-refractivity contribution < 1.29 is 0 Å². The molecule has 1 aromatic carbocycles. The van der Waals surface area contributed by atoms with E-state index >= 15 is 0 Å². The maximum absolute atomic E-state index is 5.54. The van der Waals surface area contributed by atoms with E-state index in [0.29, 0.717) is 0 Å². The Morgan fingerprint density at radius 1 is 1.18 bits per heavy atom. The summed E-state index contributed by atoms with van der Waals surface area (Å²) < 4.78 is 0. The smallest absolute Gasteiger partial charge is 0.101 e. The molecule has 0 radical (unpaired) electrons. The van der Waals surface area contributed by atoms with E-state index in [2.05, 4.69) is 4.98 Å². The van der Waals surface area contributed by atoms with Crippen molar-refractivity contribution in [3.63, 3.8) is 0 Å². The number of fused-ring (bicyclic) bond motifs is 1. The van der Waals surface area contributed by atoms with E-state index < -0.39 is 0 Å². The number of aromatic nitrogens is 1. The number of rotatable bonds is 0. The monoisotopic (exact) mass is 212 g/mol. The van der Waals surface area contributed by atoms with Gasteiger partial charge >= 0.3 is 0 Å². The van der Waals surface area contributed by atoms with E-state index in [0.717, 1.165) is 11.3 Å². The Morgan fingerprint density at radius 2 is 1.91 bits per heavy atom. The first-order chi connectivity index (χ1) is 4.86. The summed E-state index contributed by atoms with van der Waals surface area (Å²) in [5, 5.41) is 1.17. The molecule has 1 heterocycles. The highest BCUT2D eigenvalue weighted by Gasteiger charge is 1.92. The summed E-state index contributed by atoms with van der Waals surface area (Å²) in [5.74, 6) is 0.723. The molecule has 0 saturated heterocycles. The van der Waals surface area contributed by atoms with Crippen molar-refractivity contribution in [2.24, 2.45) is 0 Å². The molecule has 0 aliphatic heterocycles. The molecule has 2 rings (SSSR count). The number of nitrogens with one attached hydrogen (secondary N) is 1. The molecule has 3 N–H and O–H groups in total. The van der Waals surface area contributed by atoms with Gasteiger partial charge in [0.25, 0.3) is 0 Å². The average molecular weight is 213 g/mol. The van der Waals surface area contributed by atoms with Gasteiger partial charge in [0.1, 0.15) is 5.82 Å². The van der Waals surface area contributed by atoms with Gasteiger partial charge in [-0.25, -0.2) is 0 Å². The largest absolute Gasteiger partial charge is 0.385 e. The maximum Gasteiger partial charge on any atom is 0.101 e. The second-order valence-corrected chi connectivity index (χ2v) is 2.31. The van der Waals surface area contributed by atoms with Gasteiger partial charge in [0.15, 0.2) is 0 Å². The van der Waals surface area contributed by atoms with E-state index in [1.54, 1.807) is 0 Å². The van der Waals surface area contributed by atoms with Crippen LogP contribution in [0.25, 0.3) is 10.9 Å². The predicted octanol–water partition coefficient (Wildman–Crippen LogP) is 2.33. The topological polar surface area (TPSA) is 41.8 Å². The van der Waals surface area contributed by atoms with Gasteiger partial charge in [-0.05, 0) is 12.1 Å². The third-order valence-electron chi connectivity index (χ3n) is 1.55. The first-order valence-corrected chi connectivity index (χ1v) is 3.19. The van der Waals surface area contributed by atoms with Gasteiger partial charge in [-0.3, -0.25) is 0 Å². The molecule has 0 spiro atoms. The second-order valence-electron chi connectivity index (χ2n) is 2.31. The molecule has 0 fully saturated rings. The van der Waals surface area contributed by atoms with Crippen molar-refractivity contribution in [3.8, 4) is 0 Å². The quantitative estimate of drug-likeness (QED) is 0.692. The summed E-state index contributed by atoms with van der Waals surface area (Å²) in [5.41, 5.74) is 6.63. The van der Waals surface area contributed by atoms with Gasteiger partial charge in [0, 0.05) is 10.9 Å². The molecule has 0 bridgehead atoms. The Hall–Kier alpha value is -0.960. The summed E-state index contributed by atoms with van der Waals surface area (Å²) >= 11 is 0. The Balaban J connectivity index is 0.000000605. The highest BCUT2D eigenvalue weighted by atomic mass is 79.9. The van der Waals surface area contributed by atoms with E-state index in [-0.39, 0.29) is 17.0 Å². The minimum absolute atomic E-state index is 0. The van der Waals surface area contributed by atoms with E-state index in [9.17, 15) is 0 Å². The lowest BCUT2D eigenvalue weighted by Crippen LogP contribution is -1.80. The third kappa shape index (κ3) is 1.38. The average Bonchev–Trinajstić information content (AvgIpc) is 2.27. The van der Waals surface area contributed by atoms with Crippen LogP contribution in [0.1, 0.15) is 0 Å². The molecule has 0 atom stereocenters. The zero-order valence-electron chi connectivity index (χ0n) is 5.87. The van der Waals surface area contributed by atoms with Gasteiger partial charge in [-0.2, -0.15) is 0 Å². The molecule has 0 saturated carbocycles. The third-order valence-corrected chi connectivity index (χ3v) is 1.55. The number of H-pyrrole nitrogens is 1. The molecule has 3 heteroatoms. The number of nitrogen functional groups attached to an aromatic ring is 1. The lowest BCUT2D eigenvalue weighted by molar-refractivity contribution is 1.47. The molecule has 0 aliphatic rings. The van der Waals surface area contributed by atoms with Crippen LogP contribution >= 0.6 is 17.0 Å². The number of anilines is 1. The Labute approximate surface area is 75.2 Å². The molecule has 58 valence electrons. The number of halogens is 1. The van der Waals surface area contributed by atoms with Gasteiger partial charge < -0.3 is 10.7 Å². The van der Waals surface area contributed by atoms with Gasteiger partial charge in [0.2, 0.25) is 0 Å². The van der Waals surface area contributed by atoms with Gasteiger partial charge in [-0.15, -0.1) is 17.0 Å². The van der Waals surface area contributed by atoms with Crippen molar-refractivity contribution in [3.05, 3.63) is 30.3 Å².